The largest absolute Gasteiger partial charge is 0.373 e. The van der Waals surface area contributed by atoms with E-state index in [4.69, 9.17) is 0 Å². The van der Waals surface area contributed by atoms with Gasteiger partial charge in [0.05, 0.1) is 0 Å². The van der Waals surface area contributed by atoms with Gasteiger partial charge in [0, 0.05) is 26.7 Å². The molecule has 0 saturated carbocycles. The molecule has 4 nitrogen and oxygen atoms in total. The Morgan fingerprint density at radius 1 is 1.27 bits per heavy atom. The quantitative estimate of drug-likeness (QED) is 0.634. The van der Waals surface area contributed by atoms with Gasteiger partial charge in [-0.2, -0.15) is 0 Å². The van der Waals surface area contributed by atoms with Crippen LogP contribution in [0.2, 0.25) is 0 Å². The minimum atomic E-state index is -0.210. The number of carbonyl (C=O) groups is 2. The van der Waals surface area contributed by atoms with E-state index in [0.717, 1.165) is 0 Å². The first kappa shape index (κ1) is 11.8. The number of imide groups is 1. The number of rotatable bonds is 2. The first-order chi connectivity index (χ1) is 6.72. The Balaban J connectivity index is 2.83. The van der Waals surface area contributed by atoms with Gasteiger partial charge in [-0.3, -0.25) is 14.5 Å². The summed E-state index contributed by atoms with van der Waals surface area (Å²) < 4.78 is 0. The van der Waals surface area contributed by atoms with Crippen LogP contribution in [0.3, 0.4) is 0 Å². The van der Waals surface area contributed by atoms with Crippen molar-refractivity contribution in [2.75, 3.05) is 20.6 Å². The van der Waals surface area contributed by atoms with Crippen LogP contribution in [0.25, 0.3) is 0 Å². The third kappa shape index (κ3) is 2.58. The topological polar surface area (TPSA) is 40.6 Å². The van der Waals surface area contributed by atoms with Crippen molar-refractivity contribution < 1.29 is 9.59 Å². The smallest absolute Gasteiger partial charge is 0.277 e. The molecule has 0 radical (unpaired) electrons. The van der Waals surface area contributed by atoms with Gasteiger partial charge in [-0.15, -0.1) is 0 Å². The molecule has 0 bridgehead atoms. The zero-order valence-electron chi connectivity index (χ0n) is 10.00. The van der Waals surface area contributed by atoms with Crippen molar-refractivity contribution in [3.8, 4) is 0 Å². The van der Waals surface area contributed by atoms with Crippen molar-refractivity contribution in [3.63, 3.8) is 0 Å². The van der Waals surface area contributed by atoms with E-state index < -0.39 is 0 Å². The zero-order valence-corrected chi connectivity index (χ0v) is 10.00. The SMILES string of the molecule is CN(C)C1=CC(=O)N(CC(C)(C)C)C1=O. The molecule has 0 fully saturated rings. The summed E-state index contributed by atoms with van der Waals surface area (Å²) in [6.07, 6.45) is 1.40. The zero-order chi connectivity index (χ0) is 11.8. The Bertz CT molecular complexity index is 324. The fourth-order valence-corrected chi connectivity index (χ4v) is 1.44. The van der Waals surface area contributed by atoms with Crippen LogP contribution in [-0.2, 0) is 9.59 Å². The average molecular weight is 210 g/mol. The van der Waals surface area contributed by atoms with Crippen molar-refractivity contribution in [1.29, 1.82) is 0 Å². The first-order valence-corrected chi connectivity index (χ1v) is 4.97. The summed E-state index contributed by atoms with van der Waals surface area (Å²) in [6, 6.07) is 0. The number of hydrogen-bond acceptors (Lipinski definition) is 3. The summed E-state index contributed by atoms with van der Waals surface area (Å²) in [5.74, 6) is -0.404. The van der Waals surface area contributed by atoms with Crippen LogP contribution in [0.5, 0.6) is 0 Å². The molecule has 84 valence electrons. The molecule has 0 spiro atoms. The Morgan fingerprint density at radius 2 is 1.80 bits per heavy atom. The number of hydrogen-bond donors (Lipinski definition) is 0. The maximum Gasteiger partial charge on any atom is 0.277 e. The standard InChI is InChI=1S/C11H18N2O2/c1-11(2,3)7-13-9(14)6-8(10(13)15)12(4)5/h6H,7H2,1-5H3. The Hall–Kier alpha value is -1.32. The predicted octanol–water partition coefficient (Wildman–Crippen LogP) is 0.847. The van der Waals surface area contributed by atoms with Gasteiger partial charge >= 0.3 is 0 Å². The van der Waals surface area contributed by atoms with Gasteiger partial charge in [-0.25, -0.2) is 0 Å². The van der Waals surface area contributed by atoms with Crippen LogP contribution in [0, 0.1) is 5.41 Å². The number of likely N-dealkylation sites (N-methyl/N-ethyl adjacent to an activating group) is 1. The lowest BCUT2D eigenvalue weighted by atomic mass is 9.96. The highest BCUT2D eigenvalue weighted by atomic mass is 16.2. The van der Waals surface area contributed by atoms with Crippen molar-refractivity contribution in [3.05, 3.63) is 11.8 Å². The molecule has 0 aromatic heterocycles. The summed E-state index contributed by atoms with van der Waals surface area (Å²) in [7, 11) is 3.52. The molecular formula is C11H18N2O2. The molecule has 1 aliphatic rings. The minimum Gasteiger partial charge on any atom is -0.373 e. The van der Waals surface area contributed by atoms with Crippen molar-refractivity contribution in [2.45, 2.75) is 20.8 Å². The molecule has 1 rings (SSSR count). The Morgan fingerprint density at radius 3 is 2.13 bits per heavy atom. The normalized spacial score (nSPS) is 17.1. The molecule has 0 unspecified atom stereocenters. The molecule has 0 saturated heterocycles. The van der Waals surface area contributed by atoms with Gasteiger partial charge in [0.2, 0.25) is 0 Å². The summed E-state index contributed by atoms with van der Waals surface area (Å²) in [5.41, 5.74) is 0.394. The number of amides is 2. The monoisotopic (exact) mass is 210 g/mol. The van der Waals surface area contributed by atoms with Crippen LogP contribution in [0.4, 0.5) is 0 Å². The Labute approximate surface area is 90.5 Å². The summed E-state index contributed by atoms with van der Waals surface area (Å²) in [6.45, 7) is 6.46. The number of nitrogens with zero attached hydrogens (tertiary/aromatic N) is 2. The predicted molar refractivity (Wildman–Crippen MR) is 57.9 cm³/mol. The van der Waals surface area contributed by atoms with Gasteiger partial charge in [-0.05, 0) is 5.41 Å². The van der Waals surface area contributed by atoms with E-state index in [2.05, 4.69) is 0 Å². The third-order valence-electron chi connectivity index (χ3n) is 2.10. The van der Waals surface area contributed by atoms with Crippen LogP contribution < -0.4 is 0 Å². The second-order valence-electron chi connectivity index (χ2n) is 5.21. The Kier molecular flexibility index (Phi) is 2.88. The molecule has 2 amide bonds. The first-order valence-electron chi connectivity index (χ1n) is 4.97. The van der Waals surface area contributed by atoms with Gasteiger partial charge in [0.25, 0.3) is 11.8 Å². The highest BCUT2D eigenvalue weighted by molar-refractivity contribution is 6.15. The van der Waals surface area contributed by atoms with Crippen LogP contribution >= 0.6 is 0 Å². The lowest BCUT2D eigenvalue weighted by molar-refractivity contribution is -0.139. The van der Waals surface area contributed by atoms with Gasteiger partial charge in [0.15, 0.2) is 0 Å². The maximum absolute atomic E-state index is 11.8. The van der Waals surface area contributed by atoms with E-state index in [1.54, 1.807) is 19.0 Å². The molecule has 0 N–H and O–H groups in total. The van der Waals surface area contributed by atoms with E-state index in [-0.39, 0.29) is 17.2 Å². The molecule has 0 aromatic rings. The highest BCUT2D eigenvalue weighted by Crippen LogP contribution is 2.21. The van der Waals surface area contributed by atoms with Gasteiger partial charge < -0.3 is 4.90 Å². The third-order valence-corrected chi connectivity index (χ3v) is 2.10. The summed E-state index contributed by atoms with van der Waals surface area (Å²) in [4.78, 5) is 26.4. The maximum atomic E-state index is 11.8. The summed E-state index contributed by atoms with van der Waals surface area (Å²) >= 11 is 0. The van der Waals surface area contributed by atoms with Crippen LogP contribution in [0.1, 0.15) is 20.8 Å². The molecule has 1 aliphatic heterocycles. The second kappa shape index (κ2) is 3.68. The highest BCUT2D eigenvalue weighted by Gasteiger charge is 2.34. The lowest BCUT2D eigenvalue weighted by Crippen LogP contribution is -2.39. The molecule has 0 aliphatic carbocycles. The molecule has 0 aromatic carbocycles. The molecule has 1 heterocycles. The van der Waals surface area contributed by atoms with E-state index in [1.807, 2.05) is 20.8 Å². The van der Waals surface area contributed by atoms with Crippen molar-refractivity contribution >= 4 is 11.8 Å². The van der Waals surface area contributed by atoms with Crippen LogP contribution in [-0.4, -0.2) is 42.3 Å². The van der Waals surface area contributed by atoms with Crippen molar-refractivity contribution in [1.82, 2.24) is 9.80 Å². The molecule has 4 heteroatoms. The second-order valence-corrected chi connectivity index (χ2v) is 5.21. The van der Waals surface area contributed by atoms with E-state index >= 15 is 0 Å². The van der Waals surface area contributed by atoms with E-state index in [1.165, 1.54) is 11.0 Å². The molecule has 0 atom stereocenters. The van der Waals surface area contributed by atoms with Gasteiger partial charge in [0.1, 0.15) is 5.70 Å². The van der Waals surface area contributed by atoms with Gasteiger partial charge in [-0.1, -0.05) is 20.8 Å². The molecule has 15 heavy (non-hydrogen) atoms. The average Bonchev–Trinajstić information content (AvgIpc) is 2.29. The van der Waals surface area contributed by atoms with Crippen molar-refractivity contribution in [2.24, 2.45) is 5.41 Å². The number of carbonyl (C=O) groups excluding carboxylic acids is 2. The van der Waals surface area contributed by atoms with Crippen LogP contribution in [0.15, 0.2) is 11.8 Å². The van der Waals surface area contributed by atoms with E-state index in [9.17, 15) is 9.59 Å². The lowest BCUT2D eigenvalue weighted by Gasteiger charge is -2.25. The fourth-order valence-electron chi connectivity index (χ4n) is 1.44. The molecular weight excluding hydrogens is 192 g/mol. The summed E-state index contributed by atoms with van der Waals surface area (Å²) in [5, 5.41) is 0. The minimum absolute atomic E-state index is 0.0685. The van der Waals surface area contributed by atoms with E-state index in [0.29, 0.717) is 12.2 Å². The fraction of sp³-hybridized carbons (Fsp3) is 0.636.